The standard InChI is InChI=1S/C15H29NO/c1-5-15(6-2)9-10-16(11-15)12-7-8-14(3,4)13(12)17/h12-13,17H,5-11H2,1-4H3. The van der Waals surface area contributed by atoms with Crippen LogP contribution in [0.25, 0.3) is 0 Å². The second-order valence-corrected chi connectivity index (χ2v) is 6.97. The van der Waals surface area contributed by atoms with Gasteiger partial charge in [0.2, 0.25) is 0 Å². The summed E-state index contributed by atoms with van der Waals surface area (Å²) in [5.41, 5.74) is 0.654. The molecule has 0 amide bonds. The normalized spacial score (nSPS) is 36.5. The van der Waals surface area contributed by atoms with Crippen molar-refractivity contribution in [2.45, 2.75) is 71.9 Å². The van der Waals surface area contributed by atoms with Crippen LogP contribution in [-0.4, -0.2) is 35.2 Å². The first kappa shape index (κ1) is 13.4. The molecule has 1 aliphatic carbocycles. The summed E-state index contributed by atoms with van der Waals surface area (Å²) in [6.07, 6.45) is 6.10. The smallest absolute Gasteiger partial charge is 0.0746 e. The molecule has 1 saturated carbocycles. The Kier molecular flexibility index (Phi) is 3.57. The number of rotatable bonds is 3. The van der Waals surface area contributed by atoms with E-state index in [2.05, 4.69) is 32.6 Å². The number of likely N-dealkylation sites (tertiary alicyclic amines) is 1. The Labute approximate surface area is 106 Å². The average molecular weight is 239 g/mol. The van der Waals surface area contributed by atoms with E-state index in [0.717, 1.165) is 0 Å². The Morgan fingerprint density at radius 1 is 1.18 bits per heavy atom. The molecule has 2 rings (SSSR count). The van der Waals surface area contributed by atoms with E-state index in [1.165, 1.54) is 45.2 Å². The van der Waals surface area contributed by atoms with Gasteiger partial charge in [-0.15, -0.1) is 0 Å². The first-order valence-electron chi connectivity index (χ1n) is 7.36. The minimum Gasteiger partial charge on any atom is -0.391 e. The quantitative estimate of drug-likeness (QED) is 0.818. The molecule has 1 heterocycles. The van der Waals surface area contributed by atoms with Crippen molar-refractivity contribution in [3.63, 3.8) is 0 Å². The number of nitrogens with zero attached hydrogens (tertiary/aromatic N) is 1. The van der Waals surface area contributed by atoms with E-state index in [-0.39, 0.29) is 11.5 Å². The maximum atomic E-state index is 10.5. The van der Waals surface area contributed by atoms with Crippen LogP contribution < -0.4 is 0 Å². The summed E-state index contributed by atoms with van der Waals surface area (Å²) in [5.74, 6) is 0. The van der Waals surface area contributed by atoms with Gasteiger partial charge in [-0.2, -0.15) is 0 Å². The number of hydrogen-bond donors (Lipinski definition) is 1. The maximum Gasteiger partial charge on any atom is 0.0746 e. The molecule has 0 aromatic heterocycles. The van der Waals surface area contributed by atoms with Gasteiger partial charge in [0.25, 0.3) is 0 Å². The molecule has 100 valence electrons. The van der Waals surface area contributed by atoms with Crippen molar-refractivity contribution in [1.82, 2.24) is 4.90 Å². The Hall–Kier alpha value is -0.0800. The van der Waals surface area contributed by atoms with Crippen molar-refractivity contribution in [3.05, 3.63) is 0 Å². The second kappa shape index (κ2) is 4.55. The van der Waals surface area contributed by atoms with E-state index in [9.17, 15) is 5.11 Å². The van der Waals surface area contributed by atoms with Gasteiger partial charge < -0.3 is 5.11 Å². The van der Waals surface area contributed by atoms with E-state index in [1.54, 1.807) is 0 Å². The van der Waals surface area contributed by atoms with Crippen LogP contribution in [0.15, 0.2) is 0 Å². The van der Waals surface area contributed by atoms with Crippen LogP contribution in [-0.2, 0) is 0 Å². The van der Waals surface area contributed by atoms with E-state index in [1.807, 2.05) is 0 Å². The zero-order valence-electron chi connectivity index (χ0n) is 12.0. The summed E-state index contributed by atoms with van der Waals surface area (Å²) < 4.78 is 0. The molecule has 2 unspecified atom stereocenters. The SMILES string of the molecule is CCC1(CC)CCN(C2CCC(C)(C)C2O)C1. The first-order valence-corrected chi connectivity index (χ1v) is 7.36. The molecule has 2 aliphatic rings. The van der Waals surface area contributed by atoms with Crippen molar-refractivity contribution in [2.24, 2.45) is 10.8 Å². The summed E-state index contributed by atoms with van der Waals surface area (Å²) in [5, 5.41) is 10.5. The minimum absolute atomic E-state index is 0.119. The molecule has 2 nitrogen and oxygen atoms in total. The van der Waals surface area contributed by atoms with Crippen LogP contribution in [0.5, 0.6) is 0 Å². The fourth-order valence-corrected chi connectivity index (χ4v) is 3.81. The van der Waals surface area contributed by atoms with Crippen molar-refractivity contribution >= 4 is 0 Å². The van der Waals surface area contributed by atoms with Gasteiger partial charge >= 0.3 is 0 Å². The van der Waals surface area contributed by atoms with Gasteiger partial charge in [0.1, 0.15) is 0 Å². The van der Waals surface area contributed by atoms with Crippen molar-refractivity contribution in [2.75, 3.05) is 13.1 Å². The lowest BCUT2D eigenvalue weighted by atomic mass is 9.82. The summed E-state index contributed by atoms with van der Waals surface area (Å²) in [6.45, 7) is 11.5. The fourth-order valence-electron chi connectivity index (χ4n) is 3.81. The van der Waals surface area contributed by atoms with E-state index >= 15 is 0 Å². The van der Waals surface area contributed by atoms with Crippen LogP contribution >= 0.6 is 0 Å². The Morgan fingerprint density at radius 3 is 2.24 bits per heavy atom. The van der Waals surface area contributed by atoms with Gasteiger partial charge in [0.05, 0.1) is 6.10 Å². The number of aliphatic hydroxyl groups excluding tert-OH is 1. The summed E-state index contributed by atoms with van der Waals surface area (Å²) >= 11 is 0. The molecule has 0 aromatic rings. The van der Waals surface area contributed by atoms with Crippen LogP contribution in [0.4, 0.5) is 0 Å². The van der Waals surface area contributed by atoms with Crippen LogP contribution in [0, 0.1) is 10.8 Å². The molecule has 1 N–H and O–H groups in total. The predicted octanol–water partition coefficient (Wildman–Crippen LogP) is 3.05. The zero-order chi connectivity index (χ0) is 12.7. The summed E-state index contributed by atoms with van der Waals surface area (Å²) in [7, 11) is 0. The third-order valence-electron chi connectivity index (χ3n) is 5.69. The molecule has 1 saturated heterocycles. The van der Waals surface area contributed by atoms with E-state index < -0.39 is 0 Å². The molecule has 17 heavy (non-hydrogen) atoms. The lowest BCUT2D eigenvalue weighted by molar-refractivity contribution is 0.0184. The molecular weight excluding hydrogens is 210 g/mol. The molecule has 2 heteroatoms. The second-order valence-electron chi connectivity index (χ2n) is 6.97. The maximum absolute atomic E-state index is 10.5. The summed E-state index contributed by atoms with van der Waals surface area (Å²) in [4.78, 5) is 2.58. The molecule has 2 fully saturated rings. The highest BCUT2D eigenvalue weighted by atomic mass is 16.3. The van der Waals surface area contributed by atoms with Gasteiger partial charge in [-0.05, 0) is 49.5 Å². The Bertz CT molecular complexity index is 270. The molecule has 0 spiro atoms. The Balaban J connectivity index is 2.02. The van der Waals surface area contributed by atoms with E-state index in [4.69, 9.17) is 0 Å². The summed E-state index contributed by atoms with van der Waals surface area (Å²) in [6, 6.07) is 0.421. The van der Waals surface area contributed by atoms with Crippen LogP contribution in [0.2, 0.25) is 0 Å². The predicted molar refractivity (Wildman–Crippen MR) is 72.0 cm³/mol. The third-order valence-corrected chi connectivity index (χ3v) is 5.69. The molecule has 0 bridgehead atoms. The highest BCUT2D eigenvalue weighted by Crippen LogP contribution is 2.44. The lowest BCUT2D eigenvalue weighted by Gasteiger charge is -2.33. The Morgan fingerprint density at radius 2 is 1.82 bits per heavy atom. The number of aliphatic hydroxyl groups is 1. The highest BCUT2D eigenvalue weighted by molar-refractivity contribution is 5.00. The van der Waals surface area contributed by atoms with Gasteiger partial charge in [-0.25, -0.2) is 0 Å². The molecule has 0 radical (unpaired) electrons. The molecule has 0 aromatic carbocycles. The molecular formula is C15H29NO. The third kappa shape index (κ3) is 2.26. The van der Waals surface area contributed by atoms with Crippen molar-refractivity contribution in [1.29, 1.82) is 0 Å². The average Bonchev–Trinajstić information content (AvgIpc) is 2.84. The lowest BCUT2D eigenvalue weighted by Crippen LogP contribution is -2.43. The fraction of sp³-hybridized carbons (Fsp3) is 1.00. The van der Waals surface area contributed by atoms with Crippen LogP contribution in [0.3, 0.4) is 0 Å². The minimum atomic E-state index is -0.132. The zero-order valence-corrected chi connectivity index (χ0v) is 12.0. The molecule has 2 atom stereocenters. The number of hydrogen-bond acceptors (Lipinski definition) is 2. The van der Waals surface area contributed by atoms with Gasteiger partial charge in [0, 0.05) is 12.6 Å². The van der Waals surface area contributed by atoms with Gasteiger partial charge in [-0.3, -0.25) is 4.90 Å². The van der Waals surface area contributed by atoms with Gasteiger partial charge in [-0.1, -0.05) is 27.7 Å². The van der Waals surface area contributed by atoms with E-state index in [0.29, 0.717) is 11.5 Å². The highest BCUT2D eigenvalue weighted by Gasteiger charge is 2.47. The van der Waals surface area contributed by atoms with Crippen molar-refractivity contribution < 1.29 is 5.11 Å². The van der Waals surface area contributed by atoms with Crippen LogP contribution in [0.1, 0.15) is 59.8 Å². The first-order chi connectivity index (χ1) is 7.94. The molecule has 1 aliphatic heterocycles. The van der Waals surface area contributed by atoms with Crippen molar-refractivity contribution in [3.8, 4) is 0 Å². The largest absolute Gasteiger partial charge is 0.391 e. The topological polar surface area (TPSA) is 23.5 Å². The monoisotopic (exact) mass is 239 g/mol. The van der Waals surface area contributed by atoms with Gasteiger partial charge in [0.15, 0.2) is 0 Å².